The van der Waals surface area contributed by atoms with Gasteiger partial charge in [-0.15, -0.1) is 0 Å². The van der Waals surface area contributed by atoms with Crippen molar-refractivity contribution in [2.24, 2.45) is 0 Å². The Balaban J connectivity index is 1.65. The molecule has 1 aromatic heterocycles. The van der Waals surface area contributed by atoms with Gasteiger partial charge in [0, 0.05) is 44.5 Å². The van der Waals surface area contributed by atoms with Gasteiger partial charge in [0.2, 0.25) is 5.91 Å². The summed E-state index contributed by atoms with van der Waals surface area (Å²) >= 11 is 0. The van der Waals surface area contributed by atoms with Gasteiger partial charge < -0.3 is 24.6 Å². The van der Waals surface area contributed by atoms with E-state index in [1.807, 2.05) is 53.4 Å². The highest BCUT2D eigenvalue weighted by atomic mass is 16.5. The first-order chi connectivity index (χ1) is 16.5. The lowest BCUT2D eigenvalue weighted by Gasteiger charge is -2.41. The maximum atomic E-state index is 13.8. The van der Waals surface area contributed by atoms with E-state index in [0.717, 1.165) is 17.0 Å². The van der Waals surface area contributed by atoms with Crippen LogP contribution in [0.1, 0.15) is 28.9 Å². The summed E-state index contributed by atoms with van der Waals surface area (Å²) in [6, 6.07) is 18.3. The number of rotatable bonds is 6. The highest BCUT2D eigenvalue weighted by Gasteiger charge is 2.34. The average molecular weight is 461 g/mol. The molecule has 4 rings (SSSR count). The first-order valence-corrected chi connectivity index (χ1v) is 11.1. The third kappa shape index (κ3) is 4.96. The van der Waals surface area contributed by atoms with Crippen molar-refractivity contribution >= 4 is 23.3 Å². The van der Waals surface area contributed by atoms with Crippen molar-refractivity contribution in [1.29, 1.82) is 0 Å². The molecule has 1 aliphatic rings. The van der Waals surface area contributed by atoms with Gasteiger partial charge in [-0.2, -0.15) is 0 Å². The lowest BCUT2D eigenvalue weighted by atomic mass is 10.0. The van der Waals surface area contributed by atoms with Gasteiger partial charge in [-0.3, -0.25) is 9.59 Å². The summed E-state index contributed by atoms with van der Waals surface area (Å²) in [7, 11) is 3.22. The molecule has 1 atom stereocenters. The molecule has 0 bridgehead atoms. The molecule has 1 aliphatic heterocycles. The van der Waals surface area contributed by atoms with Gasteiger partial charge in [0.1, 0.15) is 17.3 Å². The van der Waals surface area contributed by atoms with Gasteiger partial charge in [-0.1, -0.05) is 18.2 Å². The van der Waals surface area contributed by atoms with Crippen LogP contribution in [0.4, 0.5) is 11.5 Å². The first kappa shape index (κ1) is 23.1. The number of nitrogens with one attached hydrogen (secondary N) is 1. The van der Waals surface area contributed by atoms with Crippen molar-refractivity contribution in [2.75, 3.05) is 39.2 Å². The largest absolute Gasteiger partial charge is 0.497 e. The van der Waals surface area contributed by atoms with Gasteiger partial charge in [-0.05, 0) is 42.0 Å². The number of carbonyl (C=O) groups excluding carboxylic acids is 2. The number of pyridine rings is 1. The summed E-state index contributed by atoms with van der Waals surface area (Å²) in [6.07, 6.45) is 1.65. The Kier molecular flexibility index (Phi) is 6.96. The zero-order valence-electron chi connectivity index (χ0n) is 19.5. The highest BCUT2D eigenvalue weighted by molar-refractivity contribution is 5.99. The van der Waals surface area contributed by atoms with E-state index in [4.69, 9.17) is 9.47 Å². The van der Waals surface area contributed by atoms with E-state index in [1.165, 1.54) is 0 Å². The fraction of sp³-hybridized carbons (Fsp3) is 0.269. The molecular formula is C26H28N4O4. The van der Waals surface area contributed by atoms with Crippen LogP contribution in [0.2, 0.25) is 0 Å². The number of piperazine rings is 1. The first-order valence-electron chi connectivity index (χ1n) is 11.1. The molecule has 3 aromatic rings. The SMILES string of the molecule is COc1ccc([C@@H]2CN(C(C)=O)CCN2C(=O)c2cccnc2Nc2cccc(OC)c2)cc1. The minimum atomic E-state index is -0.291. The Labute approximate surface area is 199 Å². The Hall–Kier alpha value is -4.07. The molecule has 1 N–H and O–H groups in total. The molecule has 0 aliphatic carbocycles. The van der Waals surface area contributed by atoms with E-state index in [2.05, 4.69) is 10.3 Å². The molecule has 1 fully saturated rings. The average Bonchev–Trinajstić information content (AvgIpc) is 2.88. The quantitative estimate of drug-likeness (QED) is 0.601. The smallest absolute Gasteiger partial charge is 0.258 e. The van der Waals surface area contributed by atoms with E-state index in [0.29, 0.717) is 36.8 Å². The minimum Gasteiger partial charge on any atom is -0.497 e. The Morgan fingerprint density at radius 1 is 0.971 bits per heavy atom. The predicted octanol–water partition coefficient (Wildman–Crippen LogP) is 3.89. The molecular weight excluding hydrogens is 432 g/mol. The number of amides is 2. The number of carbonyl (C=O) groups is 2. The molecule has 0 saturated carbocycles. The van der Waals surface area contributed by atoms with Crippen molar-refractivity contribution < 1.29 is 19.1 Å². The number of ether oxygens (including phenoxy) is 2. The van der Waals surface area contributed by atoms with Crippen LogP contribution in [-0.4, -0.2) is 60.5 Å². The van der Waals surface area contributed by atoms with Crippen LogP contribution in [0.25, 0.3) is 0 Å². The normalized spacial score (nSPS) is 15.6. The zero-order chi connectivity index (χ0) is 24.1. The molecule has 176 valence electrons. The van der Waals surface area contributed by atoms with Gasteiger partial charge >= 0.3 is 0 Å². The van der Waals surface area contributed by atoms with Crippen LogP contribution in [-0.2, 0) is 4.79 Å². The Morgan fingerprint density at radius 3 is 2.44 bits per heavy atom. The molecule has 0 spiro atoms. The van der Waals surface area contributed by atoms with E-state index in [1.54, 1.807) is 44.4 Å². The van der Waals surface area contributed by atoms with Crippen molar-refractivity contribution in [1.82, 2.24) is 14.8 Å². The monoisotopic (exact) mass is 460 g/mol. The van der Waals surface area contributed by atoms with Crippen LogP contribution >= 0.6 is 0 Å². The minimum absolute atomic E-state index is 0.00707. The summed E-state index contributed by atoms with van der Waals surface area (Å²) < 4.78 is 10.6. The van der Waals surface area contributed by atoms with Crippen LogP contribution in [0, 0.1) is 0 Å². The fourth-order valence-electron chi connectivity index (χ4n) is 4.09. The number of methoxy groups -OCH3 is 2. The van der Waals surface area contributed by atoms with Crippen molar-refractivity contribution in [3.05, 3.63) is 78.0 Å². The van der Waals surface area contributed by atoms with E-state index in [-0.39, 0.29) is 17.9 Å². The molecule has 2 amide bonds. The third-order valence-electron chi connectivity index (χ3n) is 5.96. The van der Waals surface area contributed by atoms with Crippen LogP contribution in [0.3, 0.4) is 0 Å². The summed E-state index contributed by atoms with van der Waals surface area (Å²) in [5.41, 5.74) is 2.16. The second kappa shape index (κ2) is 10.2. The second-order valence-corrected chi connectivity index (χ2v) is 8.01. The topological polar surface area (TPSA) is 84.0 Å². The molecule has 2 heterocycles. The predicted molar refractivity (Wildman–Crippen MR) is 130 cm³/mol. The fourth-order valence-corrected chi connectivity index (χ4v) is 4.09. The van der Waals surface area contributed by atoms with Gasteiger partial charge in [0.15, 0.2) is 0 Å². The molecule has 0 unspecified atom stereocenters. The molecule has 34 heavy (non-hydrogen) atoms. The lowest BCUT2D eigenvalue weighted by Crippen LogP contribution is -2.52. The third-order valence-corrected chi connectivity index (χ3v) is 5.96. The highest BCUT2D eigenvalue weighted by Crippen LogP contribution is 2.30. The van der Waals surface area contributed by atoms with E-state index < -0.39 is 0 Å². The van der Waals surface area contributed by atoms with E-state index >= 15 is 0 Å². The Morgan fingerprint density at radius 2 is 1.74 bits per heavy atom. The number of aromatic nitrogens is 1. The van der Waals surface area contributed by atoms with Gasteiger partial charge in [-0.25, -0.2) is 4.98 Å². The lowest BCUT2D eigenvalue weighted by molar-refractivity contribution is -0.131. The van der Waals surface area contributed by atoms with Crippen molar-refractivity contribution in [3.63, 3.8) is 0 Å². The molecule has 1 saturated heterocycles. The number of benzene rings is 2. The standard InChI is InChI=1S/C26H28N4O4/c1-18(31)29-14-15-30(24(17-29)19-9-11-21(33-2)12-10-19)26(32)23-8-5-13-27-25(23)28-20-6-4-7-22(16-20)34-3/h4-13,16,24H,14-15,17H2,1-3H3,(H,27,28)/t24-/m0/s1. The van der Waals surface area contributed by atoms with E-state index in [9.17, 15) is 9.59 Å². The summed E-state index contributed by atoms with van der Waals surface area (Å²) in [5.74, 6) is 1.74. The second-order valence-electron chi connectivity index (χ2n) is 8.01. The molecule has 8 nitrogen and oxygen atoms in total. The number of hydrogen-bond donors (Lipinski definition) is 1. The Bertz CT molecular complexity index is 1170. The van der Waals surface area contributed by atoms with Crippen LogP contribution < -0.4 is 14.8 Å². The molecule has 8 heteroatoms. The van der Waals surface area contributed by atoms with Crippen molar-refractivity contribution in [3.8, 4) is 11.5 Å². The number of hydrogen-bond acceptors (Lipinski definition) is 6. The summed E-state index contributed by atoms with van der Waals surface area (Å²) in [4.78, 5) is 33.9. The molecule has 0 radical (unpaired) electrons. The summed E-state index contributed by atoms with van der Waals surface area (Å²) in [6.45, 7) is 2.88. The molecule has 2 aromatic carbocycles. The summed E-state index contributed by atoms with van der Waals surface area (Å²) in [5, 5.41) is 3.24. The maximum absolute atomic E-state index is 13.8. The number of anilines is 2. The zero-order valence-corrected chi connectivity index (χ0v) is 19.5. The van der Waals surface area contributed by atoms with Gasteiger partial charge in [0.25, 0.3) is 5.91 Å². The van der Waals surface area contributed by atoms with Crippen molar-refractivity contribution in [2.45, 2.75) is 13.0 Å². The van der Waals surface area contributed by atoms with Crippen LogP contribution in [0.5, 0.6) is 11.5 Å². The number of nitrogens with zero attached hydrogens (tertiary/aromatic N) is 3. The van der Waals surface area contributed by atoms with Crippen LogP contribution in [0.15, 0.2) is 66.9 Å². The van der Waals surface area contributed by atoms with Gasteiger partial charge in [0.05, 0.1) is 25.8 Å². The maximum Gasteiger partial charge on any atom is 0.258 e.